The van der Waals surface area contributed by atoms with Crippen molar-refractivity contribution in [3.8, 4) is 23.0 Å². The van der Waals surface area contributed by atoms with Gasteiger partial charge >= 0.3 is 5.97 Å². The van der Waals surface area contributed by atoms with Crippen LogP contribution in [0.1, 0.15) is 27.9 Å². The lowest BCUT2D eigenvalue weighted by Crippen LogP contribution is -2.45. The molecule has 0 fully saturated rings. The summed E-state index contributed by atoms with van der Waals surface area (Å²) in [4.78, 5) is 25.3. The Hall–Kier alpha value is -3.98. The number of carboxylic acids is 1. The minimum atomic E-state index is -1.71. The molecule has 0 saturated carbocycles. The number of nitrogens with one attached hydrogen (secondary N) is 1. The van der Waals surface area contributed by atoms with E-state index in [1.54, 1.807) is 36.4 Å². The number of ether oxygens (including phenoxy) is 3. The molecule has 11 heteroatoms. The molecular weight excluding hydrogens is 608 g/mol. The fraction of sp³-hybridized carbons (Fsp3) is 0.161. The first-order chi connectivity index (χ1) is 20.2. The second-order valence-corrected chi connectivity index (χ2v) is 10.7. The summed E-state index contributed by atoms with van der Waals surface area (Å²) in [7, 11) is 0. The highest BCUT2D eigenvalue weighted by atomic mass is 35.5. The van der Waals surface area contributed by atoms with Crippen LogP contribution < -0.4 is 19.5 Å². The molecule has 2 N–H and O–H groups in total. The minimum Gasteiger partial charge on any atom is -0.493 e. The fourth-order valence-electron chi connectivity index (χ4n) is 4.58. The molecular formula is C31H23Cl3FNO6. The van der Waals surface area contributed by atoms with Crippen LogP contribution in [0.2, 0.25) is 15.1 Å². The predicted molar refractivity (Wildman–Crippen MR) is 157 cm³/mol. The normalized spacial score (nSPS) is 15.7. The summed E-state index contributed by atoms with van der Waals surface area (Å²) in [5.74, 6) is -0.830. The zero-order valence-electron chi connectivity index (χ0n) is 21.8. The number of carbonyl (C=O) groups is 2. The maximum Gasteiger partial charge on any atom is 0.353 e. The average Bonchev–Trinajstić information content (AvgIpc) is 2.96. The highest BCUT2D eigenvalue weighted by molar-refractivity contribution is 6.35. The molecule has 0 spiro atoms. The Kier molecular flexibility index (Phi) is 8.77. The van der Waals surface area contributed by atoms with Crippen molar-refractivity contribution in [2.45, 2.75) is 18.4 Å². The van der Waals surface area contributed by atoms with Gasteiger partial charge in [0.15, 0.2) is 0 Å². The van der Waals surface area contributed by atoms with Crippen LogP contribution in [0.25, 0.3) is 0 Å². The van der Waals surface area contributed by atoms with Crippen LogP contribution in [0.15, 0.2) is 78.9 Å². The molecule has 7 nitrogen and oxygen atoms in total. The molecule has 4 aromatic carbocycles. The maximum atomic E-state index is 14.0. The lowest BCUT2D eigenvalue weighted by molar-refractivity contribution is -0.159. The van der Waals surface area contributed by atoms with E-state index in [4.69, 9.17) is 49.0 Å². The van der Waals surface area contributed by atoms with E-state index in [0.29, 0.717) is 38.4 Å². The highest BCUT2D eigenvalue weighted by Gasteiger charge is 2.47. The zero-order chi connectivity index (χ0) is 29.9. The molecule has 1 aliphatic heterocycles. The molecule has 1 atom stereocenters. The van der Waals surface area contributed by atoms with Crippen molar-refractivity contribution in [2.24, 2.45) is 0 Å². The Morgan fingerprint density at radius 1 is 0.929 bits per heavy atom. The number of hydrogen-bond donors (Lipinski definition) is 2. The van der Waals surface area contributed by atoms with E-state index in [-0.39, 0.29) is 42.3 Å². The third-order valence-electron chi connectivity index (χ3n) is 6.67. The van der Waals surface area contributed by atoms with Gasteiger partial charge in [-0.3, -0.25) is 4.79 Å². The number of fused-ring (bicyclic) bond motifs is 1. The summed E-state index contributed by atoms with van der Waals surface area (Å²) in [5.41, 5.74) is -0.587. The van der Waals surface area contributed by atoms with E-state index in [1.807, 2.05) is 0 Å². The van der Waals surface area contributed by atoms with Gasteiger partial charge in [-0.1, -0.05) is 53.0 Å². The third kappa shape index (κ3) is 6.26. The van der Waals surface area contributed by atoms with Crippen LogP contribution in [0.4, 0.5) is 4.39 Å². The predicted octanol–water partition coefficient (Wildman–Crippen LogP) is 7.69. The number of carbonyl (C=O) groups excluding carboxylic acids is 1. The van der Waals surface area contributed by atoms with Gasteiger partial charge in [0.05, 0.1) is 16.7 Å². The van der Waals surface area contributed by atoms with Gasteiger partial charge in [-0.2, -0.15) is 0 Å². The number of hydrogen-bond acceptors (Lipinski definition) is 5. The lowest BCUT2D eigenvalue weighted by Gasteiger charge is -2.35. The van der Waals surface area contributed by atoms with Crippen LogP contribution in [0.5, 0.6) is 23.0 Å². The molecule has 0 radical (unpaired) electrons. The van der Waals surface area contributed by atoms with E-state index in [1.165, 1.54) is 42.5 Å². The number of rotatable bonds is 9. The number of amides is 1. The van der Waals surface area contributed by atoms with E-state index in [0.717, 1.165) is 0 Å². The van der Waals surface area contributed by atoms with Crippen molar-refractivity contribution in [3.63, 3.8) is 0 Å². The van der Waals surface area contributed by atoms with Crippen LogP contribution in [-0.4, -0.2) is 30.1 Å². The minimum absolute atomic E-state index is 0.0629. The molecule has 42 heavy (non-hydrogen) atoms. The van der Waals surface area contributed by atoms with Gasteiger partial charge in [0.25, 0.3) is 5.91 Å². The SMILES string of the molecule is O=C(NCCc1cc(F)ccc1Oc1ccc(Cl)cc1Cl)c1ccc(OC2(C(=O)O)CCOc3ccccc32)c(Cl)c1. The fourth-order valence-corrected chi connectivity index (χ4v) is 5.25. The standard InChI is InChI=1S/C31H23Cl3FNO6/c32-20-6-9-27(24(34)17-20)41-25-10-7-21(35)15-18(25)11-13-36-29(37)19-5-8-28(23(33)16-19)42-31(30(38)39)12-14-40-26-4-2-1-3-22(26)31/h1-10,15-17H,11-14H2,(H,36,37)(H,38,39). The molecule has 1 unspecified atom stereocenters. The highest BCUT2D eigenvalue weighted by Crippen LogP contribution is 2.42. The van der Waals surface area contributed by atoms with Gasteiger partial charge in [-0.25, -0.2) is 9.18 Å². The largest absolute Gasteiger partial charge is 0.493 e. The Labute approximate surface area is 255 Å². The van der Waals surface area contributed by atoms with Crippen LogP contribution in [-0.2, 0) is 16.8 Å². The summed E-state index contributed by atoms with van der Waals surface area (Å²) in [6.07, 6.45) is 0.315. The monoisotopic (exact) mass is 629 g/mol. The second kappa shape index (κ2) is 12.5. The Bertz CT molecular complexity index is 1670. The average molecular weight is 631 g/mol. The first-order valence-corrected chi connectivity index (χ1v) is 13.9. The molecule has 0 bridgehead atoms. The van der Waals surface area contributed by atoms with Crippen molar-refractivity contribution < 1.29 is 33.3 Å². The number of benzene rings is 4. The summed E-state index contributed by atoms with van der Waals surface area (Å²) in [6, 6.07) is 19.9. The molecule has 1 amide bonds. The second-order valence-electron chi connectivity index (χ2n) is 9.41. The molecule has 216 valence electrons. The van der Waals surface area contributed by atoms with E-state index in [9.17, 15) is 19.1 Å². The summed E-state index contributed by atoms with van der Waals surface area (Å²) >= 11 is 18.6. The Balaban J connectivity index is 1.27. The summed E-state index contributed by atoms with van der Waals surface area (Å²) in [5, 5.41) is 13.7. The zero-order valence-corrected chi connectivity index (χ0v) is 24.1. The maximum absolute atomic E-state index is 14.0. The Morgan fingerprint density at radius 2 is 1.67 bits per heavy atom. The van der Waals surface area contributed by atoms with Crippen LogP contribution >= 0.6 is 34.8 Å². The van der Waals surface area contributed by atoms with Crippen molar-refractivity contribution in [2.75, 3.05) is 13.2 Å². The third-order valence-corrected chi connectivity index (χ3v) is 7.50. The summed E-state index contributed by atoms with van der Waals surface area (Å²) < 4.78 is 31.5. The van der Waals surface area contributed by atoms with Gasteiger partial charge in [-0.15, -0.1) is 0 Å². The molecule has 1 heterocycles. The van der Waals surface area contributed by atoms with Crippen molar-refractivity contribution in [3.05, 3.63) is 116 Å². The topological polar surface area (TPSA) is 94.1 Å². The van der Waals surface area contributed by atoms with Gasteiger partial charge in [0.2, 0.25) is 5.60 Å². The van der Waals surface area contributed by atoms with E-state index < -0.39 is 23.3 Å². The Morgan fingerprint density at radius 3 is 2.43 bits per heavy atom. The molecule has 0 aliphatic carbocycles. The van der Waals surface area contributed by atoms with Gasteiger partial charge in [0, 0.05) is 29.1 Å². The van der Waals surface area contributed by atoms with Gasteiger partial charge < -0.3 is 24.6 Å². The first-order valence-electron chi connectivity index (χ1n) is 12.8. The quantitative estimate of drug-likeness (QED) is 0.197. The van der Waals surface area contributed by atoms with E-state index in [2.05, 4.69) is 5.32 Å². The van der Waals surface area contributed by atoms with E-state index >= 15 is 0 Å². The number of aliphatic carboxylic acids is 1. The lowest BCUT2D eigenvalue weighted by atomic mass is 9.87. The molecule has 1 aliphatic rings. The number of para-hydroxylation sites is 1. The first kappa shape index (κ1) is 29.5. The van der Waals surface area contributed by atoms with Crippen molar-refractivity contribution in [1.82, 2.24) is 5.32 Å². The molecule has 0 saturated heterocycles. The number of carboxylic acid groups (broad SMARTS) is 1. The smallest absolute Gasteiger partial charge is 0.353 e. The van der Waals surface area contributed by atoms with Gasteiger partial charge in [0.1, 0.15) is 28.8 Å². The van der Waals surface area contributed by atoms with Crippen LogP contribution in [0.3, 0.4) is 0 Å². The molecule has 4 aromatic rings. The van der Waals surface area contributed by atoms with Crippen molar-refractivity contribution >= 4 is 46.7 Å². The van der Waals surface area contributed by atoms with Crippen molar-refractivity contribution in [1.29, 1.82) is 0 Å². The molecule has 0 aromatic heterocycles. The van der Waals surface area contributed by atoms with Gasteiger partial charge in [-0.05, 0) is 72.6 Å². The number of halogens is 4. The summed E-state index contributed by atoms with van der Waals surface area (Å²) in [6.45, 7) is 0.300. The van der Waals surface area contributed by atoms with Crippen LogP contribution in [0, 0.1) is 5.82 Å². The molecule has 5 rings (SSSR count).